The number of carbonyl (C=O) groups is 2. The van der Waals surface area contributed by atoms with Crippen LogP contribution in [0.5, 0.6) is 0 Å². The van der Waals surface area contributed by atoms with Gasteiger partial charge in [-0.25, -0.2) is 0 Å². The van der Waals surface area contributed by atoms with Crippen molar-refractivity contribution in [2.75, 3.05) is 0 Å². The van der Waals surface area contributed by atoms with Crippen molar-refractivity contribution in [3.05, 3.63) is 0 Å². The van der Waals surface area contributed by atoms with E-state index >= 15 is 0 Å². The molecule has 1 aliphatic carbocycles. The predicted molar refractivity (Wildman–Crippen MR) is 139 cm³/mol. The summed E-state index contributed by atoms with van der Waals surface area (Å²) in [7, 11) is 0. The maximum absolute atomic E-state index is 14.5. The highest BCUT2D eigenvalue weighted by Crippen LogP contribution is 2.47. The molecule has 6 nitrogen and oxygen atoms in total. The van der Waals surface area contributed by atoms with Gasteiger partial charge in [-0.2, -0.15) is 0 Å². The first kappa shape index (κ1) is 30.9. The molecular formula is C28H54N2O4. The first-order valence-electron chi connectivity index (χ1n) is 13.9. The molecule has 34 heavy (non-hydrogen) atoms. The molecule has 1 aliphatic rings. The summed E-state index contributed by atoms with van der Waals surface area (Å²) in [5.74, 6) is -1.00. The standard InChI is InChI=1S/C28H54N2O4/c1-9-14-27(33,15-10-2)22(20(5)6)30(25(32)26(24(29)31)18-13-19-26)23(21(7)8)28(34,16-11-3)17-12-4/h20-23,33-34H,9-19H2,1-8H3,(H2,29,31). The molecule has 0 saturated heterocycles. The average Bonchev–Trinajstić information content (AvgIpc) is 2.66. The fraction of sp³-hybridized carbons (Fsp3) is 0.929. The third-order valence-corrected chi connectivity index (χ3v) is 8.02. The summed E-state index contributed by atoms with van der Waals surface area (Å²) < 4.78 is 0. The van der Waals surface area contributed by atoms with Crippen molar-refractivity contribution in [3.63, 3.8) is 0 Å². The summed E-state index contributed by atoms with van der Waals surface area (Å²) in [4.78, 5) is 29.0. The van der Waals surface area contributed by atoms with Gasteiger partial charge in [0.15, 0.2) is 0 Å². The molecule has 2 amide bonds. The minimum atomic E-state index is -1.24. The molecule has 0 heterocycles. The topological polar surface area (TPSA) is 104 Å². The van der Waals surface area contributed by atoms with E-state index in [1.54, 1.807) is 4.90 Å². The van der Waals surface area contributed by atoms with Crippen molar-refractivity contribution in [2.24, 2.45) is 23.0 Å². The summed E-state index contributed by atoms with van der Waals surface area (Å²) >= 11 is 0. The molecule has 1 saturated carbocycles. The Hall–Kier alpha value is -1.14. The Morgan fingerprint density at radius 3 is 1.29 bits per heavy atom. The van der Waals surface area contributed by atoms with Crippen LogP contribution in [0.4, 0.5) is 0 Å². The van der Waals surface area contributed by atoms with Gasteiger partial charge in [-0.15, -0.1) is 0 Å². The summed E-state index contributed by atoms with van der Waals surface area (Å²) in [5.41, 5.74) is 2.41. The van der Waals surface area contributed by atoms with E-state index in [1.807, 2.05) is 55.4 Å². The third kappa shape index (κ3) is 6.16. The number of hydrogen-bond acceptors (Lipinski definition) is 4. The van der Waals surface area contributed by atoms with E-state index < -0.39 is 34.6 Å². The zero-order valence-electron chi connectivity index (χ0n) is 23.3. The van der Waals surface area contributed by atoms with Crippen LogP contribution in [-0.2, 0) is 9.59 Å². The molecule has 2 atom stereocenters. The van der Waals surface area contributed by atoms with E-state index in [2.05, 4.69) is 0 Å². The molecule has 1 rings (SSSR count). The van der Waals surface area contributed by atoms with Crippen molar-refractivity contribution in [3.8, 4) is 0 Å². The van der Waals surface area contributed by atoms with Crippen LogP contribution in [-0.4, -0.2) is 50.2 Å². The first-order valence-corrected chi connectivity index (χ1v) is 13.9. The van der Waals surface area contributed by atoms with Gasteiger partial charge >= 0.3 is 0 Å². The lowest BCUT2D eigenvalue weighted by Gasteiger charge is -2.56. The van der Waals surface area contributed by atoms with E-state index in [0.717, 1.165) is 32.1 Å². The minimum absolute atomic E-state index is 0.0641. The zero-order chi connectivity index (χ0) is 26.3. The second-order valence-corrected chi connectivity index (χ2v) is 11.6. The molecule has 0 spiro atoms. The highest BCUT2D eigenvalue weighted by molar-refractivity contribution is 6.05. The van der Waals surface area contributed by atoms with Gasteiger partial charge in [0.1, 0.15) is 5.41 Å². The van der Waals surface area contributed by atoms with E-state index in [9.17, 15) is 19.8 Å². The Balaban J connectivity index is 3.91. The van der Waals surface area contributed by atoms with E-state index in [-0.39, 0.29) is 17.7 Å². The Labute approximate surface area is 209 Å². The van der Waals surface area contributed by atoms with Gasteiger partial charge in [-0.05, 0) is 50.4 Å². The lowest BCUT2D eigenvalue weighted by molar-refractivity contribution is -0.186. The quantitative estimate of drug-likeness (QED) is 0.264. The van der Waals surface area contributed by atoms with Crippen LogP contribution < -0.4 is 5.73 Å². The largest absolute Gasteiger partial charge is 0.388 e. The van der Waals surface area contributed by atoms with Gasteiger partial charge in [0.05, 0.1) is 23.3 Å². The van der Waals surface area contributed by atoms with E-state index in [0.29, 0.717) is 38.5 Å². The fourth-order valence-corrected chi connectivity index (χ4v) is 6.74. The second-order valence-electron chi connectivity index (χ2n) is 11.6. The number of primary amides is 1. The highest BCUT2D eigenvalue weighted by Gasteiger charge is 2.58. The SMILES string of the molecule is CCCC(O)(CCC)C(C(C)C)N(C(=O)C1(C(N)=O)CCC1)C(C(C)C)C(O)(CCC)CCC. The van der Waals surface area contributed by atoms with Crippen LogP contribution in [0.3, 0.4) is 0 Å². The van der Waals surface area contributed by atoms with Crippen LogP contribution in [0.15, 0.2) is 0 Å². The molecule has 2 unspecified atom stereocenters. The summed E-state index contributed by atoms with van der Waals surface area (Å²) in [6.07, 6.45) is 7.01. The molecule has 0 bridgehead atoms. The van der Waals surface area contributed by atoms with Gasteiger partial charge < -0.3 is 20.8 Å². The molecule has 0 aromatic heterocycles. The number of nitrogens with two attached hydrogens (primary N) is 1. The second kappa shape index (κ2) is 12.7. The number of carbonyl (C=O) groups excluding carboxylic acids is 2. The molecule has 4 N–H and O–H groups in total. The van der Waals surface area contributed by atoms with Crippen LogP contribution >= 0.6 is 0 Å². The number of amides is 2. The smallest absolute Gasteiger partial charge is 0.238 e. The van der Waals surface area contributed by atoms with Gasteiger partial charge in [-0.3, -0.25) is 9.59 Å². The van der Waals surface area contributed by atoms with Crippen molar-refractivity contribution < 1.29 is 19.8 Å². The maximum atomic E-state index is 14.5. The van der Waals surface area contributed by atoms with Gasteiger partial charge in [0.2, 0.25) is 11.8 Å². The molecule has 6 heteroatoms. The predicted octanol–water partition coefficient (Wildman–Crippen LogP) is 5.18. The van der Waals surface area contributed by atoms with Gasteiger partial charge in [0.25, 0.3) is 0 Å². The minimum Gasteiger partial charge on any atom is -0.388 e. The number of aliphatic hydroxyl groups is 2. The van der Waals surface area contributed by atoms with Crippen LogP contribution in [0.1, 0.15) is 126 Å². The number of rotatable bonds is 16. The Bertz CT molecular complexity index is 611. The molecule has 0 aromatic rings. The van der Waals surface area contributed by atoms with Crippen LogP contribution in [0.2, 0.25) is 0 Å². The first-order chi connectivity index (χ1) is 15.8. The van der Waals surface area contributed by atoms with Gasteiger partial charge in [0, 0.05) is 0 Å². The van der Waals surface area contributed by atoms with Crippen LogP contribution in [0, 0.1) is 17.3 Å². The van der Waals surface area contributed by atoms with Crippen LogP contribution in [0.25, 0.3) is 0 Å². The molecule has 1 fully saturated rings. The third-order valence-electron chi connectivity index (χ3n) is 8.02. The highest BCUT2D eigenvalue weighted by atomic mass is 16.3. The molecule has 0 radical (unpaired) electrons. The molecule has 200 valence electrons. The lowest BCUT2D eigenvalue weighted by Crippen LogP contribution is -2.70. The molecular weight excluding hydrogens is 428 g/mol. The van der Waals surface area contributed by atoms with Crippen molar-refractivity contribution in [1.29, 1.82) is 0 Å². The van der Waals surface area contributed by atoms with Crippen molar-refractivity contribution >= 4 is 11.8 Å². The van der Waals surface area contributed by atoms with Crippen molar-refractivity contribution in [1.82, 2.24) is 4.90 Å². The number of hydrogen-bond donors (Lipinski definition) is 3. The number of nitrogens with zero attached hydrogens (tertiary/aromatic N) is 1. The summed E-state index contributed by atoms with van der Waals surface area (Å²) in [6.45, 7) is 16.3. The summed E-state index contributed by atoms with van der Waals surface area (Å²) in [6, 6.07) is -1.05. The zero-order valence-corrected chi connectivity index (χ0v) is 23.3. The summed E-state index contributed by atoms with van der Waals surface area (Å²) in [5, 5.41) is 24.2. The normalized spacial score (nSPS) is 18.0. The van der Waals surface area contributed by atoms with Crippen molar-refractivity contribution in [2.45, 2.75) is 149 Å². The average molecular weight is 483 g/mol. The Morgan fingerprint density at radius 1 is 0.794 bits per heavy atom. The molecule has 0 aliphatic heterocycles. The van der Waals surface area contributed by atoms with E-state index in [4.69, 9.17) is 5.73 Å². The fourth-order valence-electron chi connectivity index (χ4n) is 6.74. The van der Waals surface area contributed by atoms with E-state index in [1.165, 1.54) is 0 Å². The van der Waals surface area contributed by atoms with Gasteiger partial charge in [-0.1, -0.05) is 87.5 Å². The lowest BCUT2D eigenvalue weighted by atomic mass is 9.65. The Morgan fingerprint density at radius 2 is 1.12 bits per heavy atom. The maximum Gasteiger partial charge on any atom is 0.238 e. The molecule has 0 aromatic carbocycles. The Kier molecular flexibility index (Phi) is 11.5. The monoisotopic (exact) mass is 482 g/mol.